The summed E-state index contributed by atoms with van der Waals surface area (Å²) < 4.78 is 13.2. The summed E-state index contributed by atoms with van der Waals surface area (Å²) in [5.74, 6) is 0. The second-order valence-corrected chi connectivity index (χ2v) is 20.3. The molecule has 0 amide bonds. The maximum atomic E-state index is 5.68. The summed E-state index contributed by atoms with van der Waals surface area (Å²) in [7, 11) is 0. The maximum Gasteiger partial charge on any atom is 0.156 e. The van der Waals surface area contributed by atoms with E-state index in [1.54, 1.807) is 57.7 Å². The predicted octanol–water partition coefficient (Wildman–Crippen LogP) is 15.3. The molecule has 0 atom stereocenters. The van der Waals surface area contributed by atoms with Crippen LogP contribution in [0.5, 0.6) is 0 Å². The third-order valence-electron chi connectivity index (χ3n) is 11.8. The number of hydrogen-bond donors (Lipinski definition) is 0. The zero-order chi connectivity index (χ0) is 47.7. The predicted molar refractivity (Wildman–Crippen MR) is 293 cm³/mol. The largest absolute Gasteiger partial charge is 0.454 e. The van der Waals surface area contributed by atoms with Crippen LogP contribution in [0.25, 0.3) is 103 Å². The van der Waals surface area contributed by atoms with E-state index in [0.717, 1.165) is 60.1 Å². The highest BCUT2D eigenvalue weighted by atomic mass is 32.1. The van der Waals surface area contributed by atoms with Crippen LogP contribution >= 0.6 is 45.3 Å². The fourth-order valence-electron chi connectivity index (χ4n) is 8.38. The standard InChI is InChI=1S/C11H8N2O.4C11H8N2S/c2*1-7-11-8(2-5-13-7)9-6-12-4-3-10(9)14-11;1-7-11-9(3-5-13-7)8-2-4-12-6-10(8)14-11;2*1-7-10-8(4-6-12-7)9-3-2-5-13-11(9)14-10/h5*2-6H,1H3. The topological polar surface area (TPSA) is 142 Å². The zero-order valence-electron chi connectivity index (χ0n) is 38.4. The van der Waals surface area contributed by atoms with Gasteiger partial charge in [-0.05, 0) is 107 Å². The summed E-state index contributed by atoms with van der Waals surface area (Å²) in [5, 5.41) is 12.2. The normalized spacial score (nSPS) is 11.2. The molecule has 0 aliphatic carbocycles. The van der Waals surface area contributed by atoms with Crippen molar-refractivity contribution in [3.05, 3.63) is 182 Å². The molecule has 0 aliphatic rings. The Morgan fingerprint density at radius 2 is 0.743 bits per heavy atom. The SMILES string of the molecule is Cc1nccc2c1oc1ccncc12.Cc1nccc2c1sc1ccncc12.Cc1nccc2c1sc1cnccc12.Cc1nccc2c1sc1ncccc12.Cc1nccc2c1sc1ncccc12. The van der Waals surface area contributed by atoms with Gasteiger partial charge in [0.15, 0.2) is 5.58 Å². The molecule has 11 nitrogen and oxygen atoms in total. The number of pyridine rings is 10. The molecular formula is C55H40N10OS4. The lowest BCUT2D eigenvalue weighted by molar-refractivity contribution is 0.662. The molecule has 0 N–H and O–H groups in total. The van der Waals surface area contributed by atoms with E-state index in [1.165, 1.54) is 71.3 Å². The molecule has 15 heterocycles. The first-order valence-corrected chi connectivity index (χ1v) is 25.5. The molecule has 0 saturated heterocycles. The van der Waals surface area contributed by atoms with E-state index >= 15 is 0 Å². The lowest BCUT2D eigenvalue weighted by atomic mass is 10.2. The minimum absolute atomic E-state index is 0.857. The molecule has 70 heavy (non-hydrogen) atoms. The van der Waals surface area contributed by atoms with Crippen LogP contribution in [-0.4, -0.2) is 49.8 Å². The number of nitrogens with zero attached hydrogens (tertiary/aromatic N) is 10. The smallest absolute Gasteiger partial charge is 0.156 e. The minimum Gasteiger partial charge on any atom is -0.454 e. The molecular weight excluding hydrogens is 945 g/mol. The quantitative estimate of drug-likeness (QED) is 0.143. The van der Waals surface area contributed by atoms with Gasteiger partial charge >= 0.3 is 0 Å². The lowest BCUT2D eigenvalue weighted by Crippen LogP contribution is -1.78. The highest BCUT2D eigenvalue weighted by Gasteiger charge is 2.11. The summed E-state index contributed by atoms with van der Waals surface area (Å²) in [6, 6.07) is 24.4. The van der Waals surface area contributed by atoms with Crippen molar-refractivity contribution < 1.29 is 4.42 Å². The Kier molecular flexibility index (Phi) is 12.3. The summed E-state index contributed by atoms with van der Waals surface area (Å²) >= 11 is 6.98. The van der Waals surface area contributed by atoms with Crippen LogP contribution in [0.15, 0.2) is 158 Å². The summed E-state index contributed by atoms with van der Waals surface area (Å²) in [5.41, 5.74) is 7.02. The van der Waals surface area contributed by atoms with Crippen LogP contribution in [-0.2, 0) is 0 Å². The molecule has 0 aromatic carbocycles. The van der Waals surface area contributed by atoms with E-state index in [0.29, 0.717) is 0 Å². The van der Waals surface area contributed by atoms with Crippen LogP contribution in [0.1, 0.15) is 28.5 Å². The number of hydrogen-bond acceptors (Lipinski definition) is 15. The molecule has 0 radical (unpaired) electrons. The molecule has 0 spiro atoms. The Morgan fingerprint density at radius 3 is 1.33 bits per heavy atom. The summed E-state index contributed by atoms with van der Waals surface area (Å²) in [6.45, 7) is 10.1. The molecule has 0 fully saturated rings. The summed E-state index contributed by atoms with van der Waals surface area (Å²) in [6.07, 6.45) is 24.0. The number of fused-ring (bicyclic) bond motifs is 15. The van der Waals surface area contributed by atoms with E-state index in [1.807, 2.05) is 127 Å². The fourth-order valence-corrected chi connectivity index (χ4v) is 12.8. The number of furan rings is 1. The second-order valence-electron chi connectivity index (χ2n) is 16.2. The van der Waals surface area contributed by atoms with Gasteiger partial charge in [0.2, 0.25) is 0 Å². The Labute approximate surface area is 416 Å². The average Bonchev–Trinajstić information content (AvgIpc) is 4.23. The van der Waals surface area contributed by atoms with Crippen LogP contribution in [0, 0.1) is 34.6 Å². The van der Waals surface area contributed by atoms with Gasteiger partial charge < -0.3 is 4.42 Å². The molecule has 15 aromatic rings. The Hall–Kier alpha value is -7.82. The van der Waals surface area contributed by atoms with Crippen LogP contribution in [0.2, 0.25) is 0 Å². The van der Waals surface area contributed by atoms with E-state index in [2.05, 4.69) is 98.4 Å². The average molecular weight is 985 g/mol. The van der Waals surface area contributed by atoms with Crippen molar-refractivity contribution in [1.29, 1.82) is 0 Å². The van der Waals surface area contributed by atoms with E-state index in [-0.39, 0.29) is 0 Å². The number of thiophene rings is 4. The van der Waals surface area contributed by atoms with Crippen molar-refractivity contribution in [3.63, 3.8) is 0 Å². The Morgan fingerprint density at radius 1 is 0.314 bits per heavy atom. The van der Waals surface area contributed by atoms with Gasteiger partial charge in [0.25, 0.3) is 0 Å². The van der Waals surface area contributed by atoms with Gasteiger partial charge in [0.05, 0.1) is 52.0 Å². The lowest BCUT2D eigenvalue weighted by Gasteiger charge is -1.92. The third kappa shape index (κ3) is 8.53. The first kappa shape index (κ1) is 44.7. The first-order chi connectivity index (χ1) is 34.3. The molecule has 15 heteroatoms. The number of aromatic nitrogens is 10. The van der Waals surface area contributed by atoms with Gasteiger partial charge in [0.1, 0.15) is 15.2 Å². The van der Waals surface area contributed by atoms with Gasteiger partial charge in [-0.2, -0.15) is 0 Å². The van der Waals surface area contributed by atoms with E-state index in [4.69, 9.17) is 4.42 Å². The molecule has 340 valence electrons. The minimum atomic E-state index is 0.857. The molecule has 15 aromatic heterocycles. The molecule has 0 bridgehead atoms. The van der Waals surface area contributed by atoms with Gasteiger partial charge in [-0.1, -0.05) is 0 Å². The van der Waals surface area contributed by atoms with Crippen molar-refractivity contribution in [2.75, 3.05) is 0 Å². The van der Waals surface area contributed by atoms with Crippen molar-refractivity contribution in [1.82, 2.24) is 49.8 Å². The maximum absolute atomic E-state index is 5.68. The monoisotopic (exact) mass is 984 g/mol. The van der Waals surface area contributed by atoms with Crippen molar-refractivity contribution in [2.45, 2.75) is 34.6 Å². The zero-order valence-corrected chi connectivity index (χ0v) is 41.7. The number of aryl methyl sites for hydroxylation is 5. The first-order valence-electron chi connectivity index (χ1n) is 22.2. The molecule has 0 unspecified atom stereocenters. The molecule has 15 rings (SSSR count). The number of rotatable bonds is 0. The molecule has 0 saturated carbocycles. The molecule has 0 aliphatic heterocycles. The van der Waals surface area contributed by atoms with Gasteiger partial charge in [0, 0.05) is 139 Å². The van der Waals surface area contributed by atoms with Gasteiger partial charge in [-0.15, -0.1) is 45.3 Å². The summed E-state index contributed by atoms with van der Waals surface area (Å²) in [4.78, 5) is 44.6. The fraction of sp³-hybridized carbons (Fsp3) is 0.0909. The third-order valence-corrected chi connectivity index (χ3v) is 16.8. The highest BCUT2D eigenvalue weighted by Crippen LogP contribution is 2.37. The van der Waals surface area contributed by atoms with Crippen molar-refractivity contribution >= 4 is 148 Å². The highest BCUT2D eigenvalue weighted by molar-refractivity contribution is 7.27. The van der Waals surface area contributed by atoms with Gasteiger partial charge in [-0.25, -0.2) is 9.97 Å². The van der Waals surface area contributed by atoms with E-state index in [9.17, 15) is 0 Å². The Bertz CT molecular complexity index is 3720. The van der Waals surface area contributed by atoms with E-state index < -0.39 is 0 Å². The van der Waals surface area contributed by atoms with Crippen LogP contribution < -0.4 is 0 Å². The van der Waals surface area contributed by atoms with Gasteiger partial charge in [-0.3, -0.25) is 39.9 Å². The second kappa shape index (κ2) is 19.3. The van der Waals surface area contributed by atoms with Crippen LogP contribution in [0.4, 0.5) is 0 Å². The van der Waals surface area contributed by atoms with Crippen molar-refractivity contribution in [2.24, 2.45) is 0 Å². The van der Waals surface area contributed by atoms with Crippen molar-refractivity contribution in [3.8, 4) is 0 Å². The Balaban J connectivity index is 0.0000000952. The van der Waals surface area contributed by atoms with Crippen LogP contribution in [0.3, 0.4) is 0 Å².